The minimum Gasteiger partial charge on any atom is -0.299 e. The zero-order valence-electron chi connectivity index (χ0n) is 9.96. The van der Waals surface area contributed by atoms with Crippen molar-refractivity contribution in [1.29, 1.82) is 0 Å². The second-order valence-corrected chi connectivity index (χ2v) is 7.04. The van der Waals surface area contributed by atoms with E-state index in [1.165, 1.54) is 0 Å². The lowest BCUT2D eigenvalue weighted by Crippen LogP contribution is -2.38. The Hall–Kier alpha value is -0.180. The van der Waals surface area contributed by atoms with E-state index in [0.717, 1.165) is 19.3 Å². The van der Waals surface area contributed by atoms with Crippen molar-refractivity contribution in [2.24, 2.45) is 17.3 Å². The van der Waals surface area contributed by atoms with Gasteiger partial charge in [0.2, 0.25) is 0 Å². The van der Waals surface area contributed by atoms with E-state index < -0.39 is 0 Å². The molecule has 90 valence electrons. The molecule has 0 radical (unpaired) electrons. The van der Waals surface area contributed by atoms with E-state index >= 15 is 0 Å². The van der Waals surface area contributed by atoms with Gasteiger partial charge in [0.15, 0.2) is 0 Å². The molecule has 2 aliphatic rings. The molecule has 2 rings (SSSR count). The third kappa shape index (κ3) is 2.24. The number of hydrogen-bond acceptors (Lipinski definition) is 2. The van der Waals surface area contributed by atoms with Crippen molar-refractivity contribution >= 4 is 27.5 Å². The highest BCUT2D eigenvalue weighted by Crippen LogP contribution is 2.43. The Kier molecular flexibility index (Phi) is 3.26. The van der Waals surface area contributed by atoms with Gasteiger partial charge < -0.3 is 0 Å². The molecule has 2 aliphatic carbocycles. The van der Waals surface area contributed by atoms with Crippen LogP contribution in [0, 0.1) is 17.3 Å². The van der Waals surface area contributed by atoms with Crippen LogP contribution in [0.3, 0.4) is 0 Å². The molecule has 2 saturated carbocycles. The molecule has 0 aromatic carbocycles. The average Bonchev–Trinajstić information content (AvgIpc) is 2.61. The van der Waals surface area contributed by atoms with Gasteiger partial charge in [0.25, 0.3) is 0 Å². The Morgan fingerprint density at radius 1 is 1.12 bits per heavy atom. The summed E-state index contributed by atoms with van der Waals surface area (Å²) in [4.78, 5) is 24.2. The van der Waals surface area contributed by atoms with Gasteiger partial charge in [-0.05, 0) is 24.2 Å². The number of rotatable bonds is 0. The fourth-order valence-corrected chi connectivity index (χ4v) is 4.01. The van der Waals surface area contributed by atoms with Gasteiger partial charge in [0.05, 0.1) is 4.83 Å². The van der Waals surface area contributed by atoms with Crippen LogP contribution in [0.1, 0.15) is 46.0 Å². The van der Waals surface area contributed by atoms with Crippen molar-refractivity contribution in [1.82, 2.24) is 0 Å². The Labute approximate surface area is 105 Å². The molecule has 0 aliphatic heterocycles. The van der Waals surface area contributed by atoms with E-state index in [4.69, 9.17) is 0 Å². The van der Waals surface area contributed by atoms with Crippen LogP contribution in [0.2, 0.25) is 0 Å². The van der Waals surface area contributed by atoms with Gasteiger partial charge in [0, 0.05) is 18.8 Å². The summed E-state index contributed by atoms with van der Waals surface area (Å²) >= 11 is 3.52. The van der Waals surface area contributed by atoms with Gasteiger partial charge >= 0.3 is 0 Å². The highest BCUT2D eigenvalue weighted by atomic mass is 79.9. The molecule has 0 aromatic heterocycles. The van der Waals surface area contributed by atoms with Crippen molar-refractivity contribution in [3.8, 4) is 0 Å². The maximum Gasteiger partial charge on any atom is 0.147 e. The summed E-state index contributed by atoms with van der Waals surface area (Å²) in [5.41, 5.74) is -0.159. The second-order valence-electron chi connectivity index (χ2n) is 6.05. The quantitative estimate of drug-likeness (QED) is 0.641. The molecule has 16 heavy (non-hydrogen) atoms. The number of carbonyl (C=O) groups is 2. The van der Waals surface area contributed by atoms with Crippen molar-refractivity contribution in [2.45, 2.75) is 50.8 Å². The first-order valence-electron chi connectivity index (χ1n) is 6.10. The maximum absolute atomic E-state index is 12.2. The molecule has 0 spiro atoms. The van der Waals surface area contributed by atoms with Gasteiger partial charge in [-0.3, -0.25) is 9.59 Å². The third-order valence-corrected chi connectivity index (χ3v) is 5.16. The molecular weight excluding hydrogens is 268 g/mol. The normalized spacial score (nSPS) is 39.1. The van der Waals surface area contributed by atoms with Crippen LogP contribution in [-0.4, -0.2) is 16.4 Å². The number of Topliss-reactive ketones (excluding diaryl/α,β-unsaturated/α-hetero) is 2. The van der Waals surface area contributed by atoms with Gasteiger partial charge in [-0.15, -0.1) is 0 Å². The van der Waals surface area contributed by atoms with Crippen molar-refractivity contribution in [2.75, 3.05) is 0 Å². The summed E-state index contributed by atoms with van der Waals surface area (Å²) in [6.07, 6.45) is 4.20. The molecule has 0 amide bonds. The largest absolute Gasteiger partial charge is 0.299 e. The molecule has 2 fully saturated rings. The van der Waals surface area contributed by atoms with Crippen LogP contribution in [0.15, 0.2) is 0 Å². The fourth-order valence-electron chi connectivity index (χ4n) is 3.21. The minimum atomic E-state index is -0.159. The van der Waals surface area contributed by atoms with Gasteiger partial charge in [0.1, 0.15) is 11.6 Å². The molecule has 3 unspecified atom stereocenters. The molecule has 0 aromatic rings. The lowest BCUT2D eigenvalue weighted by molar-refractivity contribution is -0.130. The summed E-state index contributed by atoms with van der Waals surface area (Å²) in [7, 11) is 0. The molecular formula is C13H19BrO2. The average molecular weight is 287 g/mol. The first kappa shape index (κ1) is 12.3. The van der Waals surface area contributed by atoms with Crippen LogP contribution in [-0.2, 0) is 9.59 Å². The van der Waals surface area contributed by atoms with Crippen molar-refractivity contribution < 1.29 is 9.59 Å². The lowest BCUT2D eigenvalue weighted by Gasteiger charge is -2.33. The van der Waals surface area contributed by atoms with Gasteiger partial charge in [-0.25, -0.2) is 0 Å². The van der Waals surface area contributed by atoms with Crippen LogP contribution >= 0.6 is 15.9 Å². The minimum absolute atomic E-state index is 0.0940. The van der Waals surface area contributed by atoms with Crippen molar-refractivity contribution in [3.05, 3.63) is 0 Å². The monoisotopic (exact) mass is 286 g/mol. The molecule has 3 atom stereocenters. The number of fused-ring (bicyclic) bond motifs is 1. The van der Waals surface area contributed by atoms with E-state index in [2.05, 4.69) is 15.9 Å². The summed E-state index contributed by atoms with van der Waals surface area (Å²) in [5, 5.41) is 0. The predicted molar refractivity (Wildman–Crippen MR) is 66.6 cm³/mol. The smallest absolute Gasteiger partial charge is 0.147 e. The standard InChI is InChI=1S/C13H19BrO2/c1-13(2)6-10(15)8-4-3-5-9(8)12(14)11(16)7-13/h8-9,12H,3-7H2,1-2H3. The second kappa shape index (κ2) is 4.25. The number of hydrogen-bond donors (Lipinski definition) is 0. The summed E-state index contributed by atoms with van der Waals surface area (Å²) in [6, 6.07) is 0. The van der Waals surface area contributed by atoms with E-state index in [1.807, 2.05) is 13.8 Å². The lowest BCUT2D eigenvalue weighted by atomic mass is 9.73. The first-order chi connectivity index (χ1) is 7.41. The number of alkyl halides is 1. The van der Waals surface area contributed by atoms with Crippen LogP contribution in [0.25, 0.3) is 0 Å². The summed E-state index contributed by atoms with van der Waals surface area (Å²) in [5.74, 6) is 1.06. The first-order valence-corrected chi connectivity index (χ1v) is 7.02. The Bertz CT molecular complexity index is 322. The number of carbonyl (C=O) groups excluding carboxylic acids is 2. The molecule has 0 heterocycles. The summed E-state index contributed by atoms with van der Waals surface area (Å²) < 4.78 is 0. The molecule has 3 heteroatoms. The van der Waals surface area contributed by atoms with E-state index in [1.54, 1.807) is 0 Å². The third-order valence-electron chi connectivity index (χ3n) is 3.97. The van der Waals surface area contributed by atoms with E-state index in [0.29, 0.717) is 18.6 Å². The zero-order valence-corrected chi connectivity index (χ0v) is 11.5. The Morgan fingerprint density at radius 3 is 2.44 bits per heavy atom. The summed E-state index contributed by atoms with van der Waals surface area (Å²) in [6.45, 7) is 4.05. The number of ketones is 2. The Morgan fingerprint density at radius 2 is 1.75 bits per heavy atom. The molecule has 0 bridgehead atoms. The van der Waals surface area contributed by atoms with E-state index in [-0.39, 0.29) is 27.9 Å². The maximum atomic E-state index is 12.2. The molecule has 0 N–H and O–H groups in total. The van der Waals surface area contributed by atoms with Crippen molar-refractivity contribution in [3.63, 3.8) is 0 Å². The predicted octanol–water partition coefficient (Wildman–Crippen LogP) is 3.12. The SMILES string of the molecule is CC1(C)CC(=O)C(Br)C2CCCC2C(=O)C1. The van der Waals surface area contributed by atoms with E-state index in [9.17, 15) is 9.59 Å². The van der Waals surface area contributed by atoms with Crippen LogP contribution in [0.5, 0.6) is 0 Å². The molecule has 0 saturated heterocycles. The fraction of sp³-hybridized carbons (Fsp3) is 0.846. The van der Waals surface area contributed by atoms with Crippen LogP contribution < -0.4 is 0 Å². The van der Waals surface area contributed by atoms with Crippen LogP contribution in [0.4, 0.5) is 0 Å². The highest BCUT2D eigenvalue weighted by molar-refractivity contribution is 9.10. The molecule has 2 nitrogen and oxygen atoms in total. The Balaban J connectivity index is 2.27. The topological polar surface area (TPSA) is 34.1 Å². The van der Waals surface area contributed by atoms with Gasteiger partial charge in [-0.1, -0.05) is 36.2 Å². The highest BCUT2D eigenvalue weighted by Gasteiger charge is 2.44. The van der Waals surface area contributed by atoms with Gasteiger partial charge in [-0.2, -0.15) is 0 Å². The zero-order chi connectivity index (χ0) is 11.9. The number of halogens is 1.